The van der Waals surface area contributed by atoms with Crippen LogP contribution in [0, 0.1) is 5.82 Å². The molecule has 0 unspecified atom stereocenters. The Balaban J connectivity index is 2.12. The van der Waals surface area contributed by atoms with Gasteiger partial charge in [-0.15, -0.1) is 11.3 Å². The molecular weight excluding hydrogens is 545 g/mol. The van der Waals surface area contributed by atoms with E-state index < -0.39 is 37.9 Å². The van der Waals surface area contributed by atoms with Crippen molar-refractivity contribution in [2.45, 2.75) is 56.8 Å². The Labute approximate surface area is 223 Å². The number of carbonyl (C=O) groups is 2. The van der Waals surface area contributed by atoms with Crippen molar-refractivity contribution in [3.05, 3.63) is 51.1 Å². The van der Waals surface area contributed by atoms with E-state index in [1.165, 1.54) is 62.1 Å². The van der Waals surface area contributed by atoms with Gasteiger partial charge in [-0.1, -0.05) is 11.6 Å². The monoisotopic (exact) mass is 571 g/mol. The van der Waals surface area contributed by atoms with Crippen molar-refractivity contribution in [1.29, 1.82) is 0 Å². The number of methoxy groups -OCH3 is 1. The molecule has 2 aromatic heterocycles. The summed E-state index contributed by atoms with van der Waals surface area (Å²) in [6.07, 6.45) is 0. The van der Waals surface area contributed by atoms with Crippen molar-refractivity contribution in [3.63, 3.8) is 0 Å². The minimum atomic E-state index is -3.83. The number of nitrogens with one attached hydrogen (secondary N) is 1. The van der Waals surface area contributed by atoms with Crippen molar-refractivity contribution in [3.8, 4) is 11.7 Å². The average molecular weight is 572 g/mol. The second-order valence-electron chi connectivity index (χ2n) is 9.92. The minimum absolute atomic E-state index is 0.0870. The number of hydrogen-bond donors (Lipinski definition) is 1. The summed E-state index contributed by atoms with van der Waals surface area (Å²) in [6, 6.07) is 5.09. The van der Waals surface area contributed by atoms with E-state index in [1.54, 1.807) is 20.8 Å². The number of benzene rings is 1. The SMILES string of the molecule is COc1nc(NC(=O)c2scc(S(=O)(=O)C(C)(C)C)c2Cl)c(C(=O)OC(C)(C)C)n1-c1ccc(F)cc1. The predicted molar refractivity (Wildman–Crippen MR) is 139 cm³/mol. The number of sulfone groups is 1. The zero-order valence-corrected chi connectivity index (χ0v) is 23.7. The molecular formula is C24H27ClFN3O6S2. The van der Waals surface area contributed by atoms with Gasteiger partial charge in [0.1, 0.15) is 16.3 Å². The molecule has 0 aliphatic carbocycles. The Kier molecular flexibility index (Phi) is 7.79. The van der Waals surface area contributed by atoms with Crippen LogP contribution in [0.1, 0.15) is 61.7 Å². The van der Waals surface area contributed by atoms with E-state index in [9.17, 15) is 22.4 Å². The highest BCUT2D eigenvalue weighted by Gasteiger charge is 2.36. The summed E-state index contributed by atoms with van der Waals surface area (Å²) >= 11 is 7.17. The third kappa shape index (κ3) is 5.81. The number of imidazole rings is 1. The number of rotatable bonds is 6. The van der Waals surface area contributed by atoms with Crippen LogP contribution >= 0.6 is 22.9 Å². The second-order valence-corrected chi connectivity index (χ2v) is 13.9. The first kappa shape index (κ1) is 28.6. The van der Waals surface area contributed by atoms with Crippen LogP contribution < -0.4 is 10.1 Å². The van der Waals surface area contributed by atoms with Gasteiger partial charge in [-0.2, -0.15) is 4.98 Å². The maximum atomic E-state index is 13.6. The van der Waals surface area contributed by atoms with Crippen LogP contribution in [0.5, 0.6) is 6.01 Å². The number of halogens is 2. The molecule has 37 heavy (non-hydrogen) atoms. The summed E-state index contributed by atoms with van der Waals surface area (Å²) in [5.41, 5.74) is -0.765. The predicted octanol–water partition coefficient (Wildman–Crippen LogP) is 5.51. The summed E-state index contributed by atoms with van der Waals surface area (Å²) in [5.74, 6) is -2.34. The number of thiophene rings is 1. The Morgan fingerprint density at radius 1 is 1.11 bits per heavy atom. The van der Waals surface area contributed by atoms with Crippen molar-refractivity contribution >= 4 is 50.5 Å². The molecule has 0 saturated carbocycles. The molecule has 2 heterocycles. The number of anilines is 1. The first-order valence-corrected chi connectivity index (χ1v) is 13.7. The lowest BCUT2D eigenvalue weighted by Gasteiger charge is -2.20. The molecule has 0 saturated heterocycles. The number of ether oxygens (including phenoxy) is 2. The summed E-state index contributed by atoms with van der Waals surface area (Å²) in [6.45, 7) is 9.58. The molecule has 0 aliphatic heterocycles. The van der Waals surface area contributed by atoms with Crippen LogP contribution in [-0.4, -0.2) is 47.3 Å². The highest BCUT2D eigenvalue weighted by molar-refractivity contribution is 7.93. The molecule has 3 rings (SSSR count). The molecule has 0 bridgehead atoms. The third-order valence-electron chi connectivity index (χ3n) is 4.94. The summed E-state index contributed by atoms with van der Waals surface area (Å²) in [5, 5.41) is 3.58. The number of carbonyl (C=O) groups excluding carboxylic acids is 2. The van der Waals surface area contributed by atoms with Gasteiger partial charge < -0.3 is 14.8 Å². The van der Waals surface area contributed by atoms with Gasteiger partial charge in [0, 0.05) is 5.38 Å². The fourth-order valence-corrected chi connectivity index (χ4v) is 6.20. The molecule has 9 nitrogen and oxygen atoms in total. The first-order valence-electron chi connectivity index (χ1n) is 11.0. The van der Waals surface area contributed by atoms with Crippen LogP contribution in [-0.2, 0) is 14.6 Å². The summed E-state index contributed by atoms with van der Waals surface area (Å²) < 4.78 is 50.3. The van der Waals surface area contributed by atoms with E-state index >= 15 is 0 Å². The molecule has 1 N–H and O–H groups in total. The molecule has 0 radical (unpaired) electrons. The van der Waals surface area contributed by atoms with Crippen LogP contribution in [0.15, 0.2) is 34.5 Å². The fraction of sp³-hybridized carbons (Fsp3) is 0.375. The van der Waals surface area contributed by atoms with Crippen LogP contribution in [0.25, 0.3) is 5.69 Å². The number of esters is 1. The number of amides is 1. The standard InChI is InChI=1S/C24H27ClFN3O6S2/c1-23(2,3)35-21(31)17-19(28-22(34-7)29(17)14-10-8-13(26)9-11-14)27-20(30)18-16(25)15(12-36-18)37(32,33)24(4,5)6/h8-12H,1-7H3,(H,27,30). The lowest BCUT2D eigenvalue weighted by molar-refractivity contribution is 0.00610. The first-order chi connectivity index (χ1) is 17.0. The van der Waals surface area contributed by atoms with Crippen molar-refractivity contribution in [2.24, 2.45) is 0 Å². The number of aromatic nitrogens is 2. The zero-order chi connectivity index (χ0) is 27.9. The van der Waals surface area contributed by atoms with Crippen molar-refractivity contribution < 1.29 is 31.9 Å². The Hall–Kier alpha value is -2.96. The Morgan fingerprint density at radius 2 is 1.70 bits per heavy atom. The van der Waals surface area contributed by atoms with Crippen LogP contribution in [0.2, 0.25) is 5.02 Å². The molecule has 0 spiro atoms. The van der Waals surface area contributed by atoms with Gasteiger partial charge >= 0.3 is 12.0 Å². The molecule has 1 aromatic carbocycles. The lowest BCUT2D eigenvalue weighted by Crippen LogP contribution is -2.28. The highest BCUT2D eigenvalue weighted by Crippen LogP contribution is 2.37. The normalized spacial score (nSPS) is 12.4. The van der Waals surface area contributed by atoms with Gasteiger partial charge in [-0.3, -0.25) is 9.36 Å². The summed E-state index contributed by atoms with van der Waals surface area (Å²) in [4.78, 5) is 30.4. The Morgan fingerprint density at radius 3 is 2.22 bits per heavy atom. The van der Waals surface area contributed by atoms with Crippen molar-refractivity contribution in [1.82, 2.24) is 9.55 Å². The second kappa shape index (κ2) is 10.1. The van der Waals surface area contributed by atoms with Crippen molar-refractivity contribution in [2.75, 3.05) is 12.4 Å². The fourth-order valence-electron chi connectivity index (χ4n) is 3.12. The molecule has 3 aromatic rings. The van der Waals surface area contributed by atoms with Gasteiger partial charge in [0.2, 0.25) is 0 Å². The average Bonchev–Trinajstić information content (AvgIpc) is 3.33. The smallest absolute Gasteiger partial charge is 0.359 e. The van der Waals surface area contributed by atoms with Gasteiger partial charge in [0.15, 0.2) is 21.3 Å². The van der Waals surface area contributed by atoms with E-state index in [2.05, 4.69) is 10.3 Å². The van der Waals surface area contributed by atoms with Gasteiger partial charge in [-0.05, 0) is 65.8 Å². The van der Waals surface area contributed by atoms with E-state index in [-0.39, 0.29) is 32.3 Å². The van der Waals surface area contributed by atoms with Gasteiger partial charge in [-0.25, -0.2) is 17.6 Å². The van der Waals surface area contributed by atoms with E-state index in [0.717, 1.165) is 11.3 Å². The largest absolute Gasteiger partial charge is 0.468 e. The number of hydrogen-bond acceptors (Lipinski definition) is 8. The molecule has 200 valence electrons. The van der Waals surface area contributed by atoms with E-state index in [0.29, 0.717) is 5.69 Å². The molecule has 0 aliphatic rings. The van der Waals surface area contributed by atoms with Gasteiger partial charge in [0.25, 0.3) is 5.91 Å². The van der Waals surface area contributed by atoms with E-state index in [1.807, 2.05) is 0 Å². The quantitative estimate of drug-likeness (QED) is 0.387. The topological polar surface area (TPSA) is 117 Å². The number of nitrogens with zero attached hydrogens (tertiary/aromatic N) is 2. The third-order valence-corrected chi connectivity index (χ3v) is 9.20. The van der Waals surface area contributed by atoms with E-state index in [4.69, 9.17) is 21.1 Å². The van der Waals surface area contributed by atoms with Crippen LogP contribution in [0.4, 0.5) is 10.2 Å². The lowest BCUT2D eigenvalue weighted by atomic mass is 10.2. The maximum absolute atomic E-state index is 13.6. The summed E-state index contributed by atoms with van der Waals surface area (Å²) in [7, 11) is -2.51. The van der Waals surface area contributed by atoms with Crippen LogP contribution in [0.3, 0.4) is 0 Å². The minimum Gasteiger partial charge on any atom is -0.468 e. The highest BCUT2D eigenvalue weighted by atomic mass is 35.5. The zero-order valence-electron chi connectivity index (χ0n) is 21.3. The molecule has 0 fully saturated rings. The maximum Gasteiger partial charge on any atom is 0.359 e. The molecule has 1 amide bonds. The molecule has 0 atom stereocenters. The van der Waals surface area contributed by atoms with Gasteiger partial charge in [0.05, 0.1) is 27.5 Å². The Bertz CT molecular complexity index is 1450. The molecule has 13 heteroatoms.